The van der Waals surface area contributed by atoms with E-state index in [0.717, 1.165) is 17.9 Å². The van der Waals surface area contributed by atoms with Gasteiger partial charge in [-0.05, 0) is 29.5 Å². The van der Waals surface area contributed by atoms with Gasteiger partial charge in [0, 0.05) is 12.5 Å². The summed E-state index contributed by atoms with van der Waals surface area (Å²) >= 11 is 6.05. The number of rotatable bonds is 2. The molecule has 1 unspecified atom stereocenters. The number of aromatic nitrogens is 4. The van der Waals surface area contributed by atoms with E-state index in [-0.39, 0.29) is 5.38 Å². The minimum atomic E-state index is -0.272. The Bertz CT molecular complexity index is 585. The van der Waals surface area contributed by atoms with Gasteiger partial charge in [0.15, 0.2) is 17.3 Å². The van der Waals surface area contributed by atoms with E-state index in [2.05, 4.69) is 15.5 Å². The lowest BCUT2D eigenvalue weighted by Gasteiger charge is -2.10. The van der Waals surface area contributed by atoms with Crippen molar-refractivity contribution in [3.8, 4) is 17.2 Å². The second kappa shape index (κ2) is 5.05. The average molecular weight is 281 g/mol. The summed E-state index contributed by atoms with van der Waals surface area (Å²) in [5.74, 6) is 2.05. The van der Waals surface area contributed by atoms with Crippen LogP contribution in [0.1, 0.15) is 24.5 Å². The molecule has 0 saturated heterocycles. The van der Waals surface area contributed by atoms with E-state index in [1.54, 1.807) is 4.68 Å². The second-order valence-electron chi connectivity index (χ2n) is 4.25. The van der Waals surface area contributed by atoms with Gasteiger partial charge >= 0.3 is 0 Å². The van der Waals surface area contributed by atoms with Crippen LogP contribution in [0.3, 0.4) is 0 Å². The third-order valence-electron chi connectivity index (χ3n) is 2.83. The van der Waals surface area contributed by atoms with Crippen molar-refractivity contribution in [3.05, 3.63) is 24.0 Å². The number of halogens is 1. The lowest BCUT2D eigenvalue weighted by Crippen LogP contribution is -2.04. The third kappa shape index (κ3) is 2.35. The van der Waals surface area contributed by atoms with Gasteiger partial charge in [-0.15, -0.1) is 16.7 Å². The number of tetrazole rings is 1. The number of ether oxygens (including phenoxy) is 2. The Morgan fingerprint density at radius 3 is 2.84 bits per heavy atom. The van der Waals surface area contributed by atoms with E-state index < -0.39 is 0 Å². The fraction of sp³-hybridized carbons (Fsp3) is 0.417. The lowest BCUT2D eigenvalue weighted by molar-refractivity contribution is 0.297. The monoisotopic (exact) mass is 280 g/mol. The minimum Gasteiger partial charge on any atom is -0.490 e. The first-order chi connectivity index (χ1) is 9.25. The second-order valence-corrected chi connectivity index (χ2v) is 4.90. The first-order valence-electron chi connectivity index (χ1n) is 6.08. The van der Waals surface area contributed by atoms with Crippen molar-refractivity contribution in [3.63, 3.8) is 0 Å². The maximum atomic E-state index is 6.05. The molecule has 0 radical (unpaired) electrons. The molecule has 1 atom stereocenters. The van der Waals surface area contributed by atoms with Crippen LogP contribution in [-0.2, 0) is 0 Å². The van der Waals surface area contributed by atoms with Gasteiger partial charge < -0.3 is 9.47 Å². The standard InChI is InChI=1S/C12H13ClN4O2/c1-8(13)12-14-15-16-17(12)9-3-4-10-11(7-9)19-6-2-5-18-10/h3-4,7-8H,2,5-6H2,1H3. The molecule has 2 heterocycles. The summed E-state index contributed by atoms with van der Waals surface area (Å²) < 4.78 is 12.8. The van der Waals surface area contributed by atoms with Crippen molar-refractivity contribution in [1.82, 2.24) is 20.2 Å². The van der Waals surface area contributed by atoms with E-state index in [1.165, 1.54) is 0 Å². The van der Waals surface area contributed by atoms with Crippen LogP contribution in [0.15, 0.2) is 18.2 Å². The summed E-state index contributed by atoms with van der Waals surface area (Å²) in [5, 5.41) is 11.3. The highest BCUT2D eigenvalue weighted by atomic mass is 35.5. The molecule has 1 aliphatic rings. The molecule has 3 rings (SSSR count). The number of nitrogens with zero attached hydrogens (tertiary/aromatic N) is 4. The Labute approximate surface area is 115 Å². The zero-order valence-corrected chi connectivity index (χ0v) is 11.2. The fourth-order valence-electron chi connectivity index (χ4n) is 1.91. The van der Waals surface area contributed by atoms with E-state index in [9.17, 15) is 0 Å². The zero-order chi connectivity index (χ0) is 13.2. The zero-order valence-electron chi connectivity index (χ0n) is 10.4. The predicted molar refractivity (Wildman–Crippen MR) is 69.0 cm³/mol. The Kier molecular flexibility index (Phi) is 3.25. The number of hydrogen-bond donors (Lipinski definition) is 0. The summed E-state index contributed by atoms with van der Waals surface area (Å²) in [6.07, 6.45) is 0.874. The SMILES string of the molecule is CC(Cl)c1nnnn1-c1ccc2c(c1)OCCCO2. The fourth-order valence-corrected chi connectivity index (χ4v) is 2.05. The first-order valence-corrected chi connectivity index (χ1v) is 6.52. The average Bonchev–Trinajstić information content (AvgIpc) is 2.78. The molecule has 0 fully saturated rings. The van der Waals surface area contributed by atoms with Crippen LogP contribution in [-0.4, -0.2) is 33.4 Å². The molecule has 1 aromatic heterocycles. The van der Waals surface area contributed by atoms with Crippen LogP contribution in [0.4, 0.5) is 0 Å². The van der Waals surface area contributed by atoms with E-state index >= 15 is 0 Å². The summed E-state index contributed by atoms with van der Waals surface area (Å²) in [6.45, 7) is 3.14. The smallest absolute Gasteiger partial charge is 0.174 e. The molecular formula is C12H13ClN4O2. The highest BCUT2D eigenvalue weighted by Crippen LogP contribution is 2.32. The molecule has 0 spiro atoms. The van der Waals surface area contributed by atoms with Gasteiger partial charge in [-0.2, -0.15) is 4.68 Å². The van der Waals surface area contributed by atoms with E-state index in [0.29, 0.717) is 24.8 Å². The van der Waals surface area contributed by atoms with Crippen LogP contribution in [0, 0.1) is 0 Å². The van der Waals surface area contributed by atoms with Crippen molar-refractivity contribution in [1.29, 1.82) is 0 Å². The molecule has 19 heavy (non-hydrogen) atoms. The number of fused-ring (bicyclic) bond motifs is 1. The molecular weight excluding hydrogens is 268 g/mol. The molecule has 7 heteroatoms. The highest BCUT2D eigenvalue weighted by Gasteiger charge is 2.16. The molecule has 0 saturated carbocycles. The molecule has 0 N–H and O–H groups in total. The van der Waals surface area contributed by atoms with Crippen LogP contribution >= 0.6 is 11.6 Å². The maximum Gasteiger partial charge on any atom is 0.174 e. The molecule has 1 aromatic carbocycles. The Morgan fingerprint density at radius 1 is 1.26 bits per heavy atom. The molecule has 0 aliphatic carbocycles. The van der Waals surface area contributed by atoms with Crippen molar-refractivity contribution < 1.29 is 9.47 Å². The van der Waals surface area contributed by atoms with Gasteiger partial charge in [-0.1, -0.05) is 0 Å². The number of hydrogen-bond acceptors (Lipinski definition) is 5. The summed E-state index contributed by atoms with van der Waals surface area (Å²) in [4.78, 5) is 0. The van der Waals surface area contributed by atoms with Gasteiger partial charge in [0.25, 0.3) is 0 Å². The van der Waals surface area contributed by atoms with Gasteiger partial charge in [0.2, 0.25) is 0 Å². The molecule has 0 amide bonds. The van der Waals surface area contributed by atoms with Crippen LogP contribution in [0.25, 0.3) is 5.69 Å². The molecule has 2 aromatic rings. The Balaban J connectivity index is 2.01. The quantitative estimate of drug-likeness (QED) is 0.789. The van der Waals surface area contributed by atoms with Crippen molar-refractivity contribution >= 4 is 11.6 Å². The molecule has 1 aliphatic heterocycles. The first kappa shape index (κ1) is 12.2. The molecule has 0 bridgehead atoms. The van der Waals surface area contributed by atoms with Crippen molar-refractivity contribution in [2.75, 3.05) is 13.2 Å². The molecule has 100 valence electrons. The van der Waals surface area contributed by atoms with Crippen LogP contribution in [0.5, 0.6) is 11.5 Å². The number of alkyl halides is 1. The normalized spacial score (nSPS) is 15.9. The van der Waals surface area contributed by atoms with Gasteiger partial charge in [0.05, 0.1) is 24.3 Å². The van der Waals surface area contributed by atoms with Crippen molar-refractivity contribution in [2.45, 2.75) is 18.7 Å². The van der Waals surface area contributed by atoms with Gasteiger partial charge in [-0.25, -0.2) is 0 Å². The molecule has 6 nitrogen and oxygen atoms in total. The predicted octanol–water partition coefficient (Wildman–Crippen LogP) is 2.12. The Hall–Kier alpha value is -1.82. The third-order valence-corrected chi connectivity index (χ3v) is 3.02. The van der Waals surface area contributed by atoms with E-state index in [1.807, 2.05) is 25.1 Å². The number of benzene rings is 1. The van der Waals surface area contributed by atoms with Gasteiger partial charge in [0.1, 0.15) is 0 Å². The lowest BCUT2D eigenvalue weighted by atomic mass is 10.2. The minimum absolute atomic E-state index is 0.272. The maximum absolute atomic E-state index is 6.05. The van der Waals surface area contributed by atoms with Crippen LogP contribution < -0.4 is 9.47 Å². The highest BCUT2D eigenvalue weighted by molar-refractivity contribution is 6.20. The summed E-state index contributed by atoms with van der Waals surface area (Å²) in [6, 6.07) is 5.60. The van der Waals surface area contributed by atoms with Crippen molar-refractivity contribution in [2.24, 2.45) is 0 Å². The Morgan fingerprint density at radius 2 is 2.05 bits per heavy atom. The topological polar surface area (TPSA) is 62.1 Å². The largest absolute Gasteiger partial charge is 0.490 e. The van der Waals surface area contributed by atoms with E-state index in [4.69, 9.17) is 21.1 Å². The van der Waals surface area contributed by atoms with Crippen LogP contribution in [0.2, 0.25) is 0 Å². The summed E-state index contributed by atoms with van der Waals surface area (Å²) in [5.41, 5.74) is 0.803. The van der Waals surface area contributed by atoms with Gasteiger partial charge in [-0.3, -0.25) is 0 Å². The summed E-state index contributed by atoms with van der Waals surface area (Å²) in [7, 11) is 0.